The fourth-order valence-electron chi connectivity index (χ4n) is 3.36. The van der Waals surface area contributed by atoms with Gasteiger partial charge in [-0.05, 0) is 43.2 Å². The normalized spacial score (nSPS) is 12.4. The minimum Gasteiger partial charge on any atom is -0.344 e. The van der Waals surface area contributed by atoms with Crippen LogP contribution in [0.4, 0.5) is 4.39 Å². The Balaban J connectivity index is 2.09. The van der Waals surface area contributed by atoms with Crippen molar-refractivity contribution < 1.29 is 9.18 Å². The zero-order valence-corrected chi connectivity index (χ0v) is 17.6. The van der Waals surface area contributed by atoms with E-state index in [9.17, 15) is 9.18 Å². The summed E-state index contributed by atoms with van der Waals surface area (Å²) in [6, 6.07) is 9.25. The number of benzene rings is 2. The smallest absolute Gasteiger partial charge is 0.245 e. The number of likely N-dealkylation sites (N-methyl/N-ethyl adjacent to an activating group) is 1. The van der Waals surface area contributed by atoms with Gasteiger partial charge in [-0.1, -0.05) is 42.3 Å². The molecule has 0 radical (unpaired) electrons. The number of imidazole rings is 1. The number of rotatable bonds is 6. The maximum atomic E-state index is 13.3. The lowest BCUT2D eigenvalue weighted by molar-refractivity contribution is -0.132. The van der Waals surface area contributed by atoms with Gasteiger partial charge in [-0.2, -0.15) is 0 Å². The van der Waals surface area contributed by atoms with E-state index in [0.717, 1.165) is 17.5 Å². The Hall–Kier alpha value is -2.11. The van der Waals surface area contributed by atoms with Gasteiger partial charge in [-0.25, -0.2) is 9.37 Å². The van der Waals surface area contributed by atoms with Crippen LogP contribution in [0.3, 0.4) is 0 Å². The quantitative estimate of drug-likeness (QED) is 0.526. The summed E-state index contributed by atoms with van der Waals surface area (Å²) in [5, 5.41) is 0.819. The highest BCUT2D eigenvalue weighted by Gasteiger charge is 2.24. The van der Waals surface area contributed by atoms with Gasteiger partial charge in [-0.15, -0.1) is 0 Å². The maximum Gasteiger partial charge on any atom is 0.245 e. The monoisotopic (exact) mass is 421 g/mol. The molecule has 0 unspecified atom stereocenters. The average Bonchev–Trinajstić information content (AvgIpc) is 2.99. The van der Waals surface area contributed by atoms with E-state index in [4.69, 9.17) is 28.2 Å². The largest absolute Gasteiger partial charge is 0.344 e. The van der Waals surface area contributed by atoms with Crippen LogP contribution in [0.15, 0.2) is 36.4 Å². The lowest BCUT2D eigenvalue weighted by atomic mass is 10.1. The van der Waals surface area contributed by atoms with Gasteiger partial charge in [0.2, 0.25) is 5.91 Å². The first-order chi connectivity index (χ1) is 13.3. The fourth-order valence-corrected chi connectivity index (χ4v) is 3.67. The van der Waals surface area contributed by atoms with Crippen LogP contribution >= 0.6 is 23.2 Å². The topological polar surface area (TPSA) is 38.1 Å². The molecule has 0 saturated heterocycles. The Morgan fingerprint density at radius 3 is 2.50 bits per heavy atom. The van der Waals surface area contributed by atoms with E-state index < -0.39 is 6.04 Å². The molecular formula is C21H22Cl2FN3O. The minimum atomic E-state index is -0.464. The molecule has 3 aromatic rings. The molecule has 0 bridgehead atoms. The van der Waals surface area contributed by atoms with Crippen molar-refractivity contribution in [3.05, 3.63) is 63.6 Å². The molecule has 0 aliphatic carbocycles. The molecule has 3 rings (SSSR count). The second-order valence-corrected chi connectivity index (χ2v) is 7.71. The highest BCUT2D eigenvalue weighted by Crippen LogP contribution is 2.31. The first-order valence-corrected chi connectivity index (χ1v) is 9.92. The van der Waals surface area contributed by atoms with Gasteiger partial charge >= 0.3 is 0 Å². The van der Waals surface area contributed by atoms with Crippen LogP contribution < -0.4 is 0 Å². The van der Waals surface area contributed by atoms with Crippen LogP contribution in [0, 0.1) is 5.82 Å². The van der Waals surface area contributed by atoms with E-state index >= 15 is 0 Å². The summed E-state index contributed by atoms with van der Waals surface area (Å²) in [4.78, 5) is 19.4. The zero-order chi connectivity index (χ0) is 20.4. The first kappa shape index (κ1) is 20.6. The number of amides is 1. The van der Waals surface area contributed by atoms with Crippen LogP contribution in [0.2, 0.25) is 10.0 Å². The second kappa shape index (κ2) is 8.50. The maximum absolute atomic E-state index is 13.3. The Labute approximate surface area is 173 Å². The van der Waals surface area contributed by atoms with Gasteiger partial charge < -0.3 is 9.47 Å². The summed E-state index contributed by atoms with van der Waals surface area (Å²) >= 11 is 12.4. The summed E-state index contributed by atoms with van der Waals surface area (Å²) in [6.45, 7) is 4.56. The molecule has 1 aromatic heterocycles. The number of fused-ring (bicyclic) bond motifs is 1. The summed E-state index contributed by atoms with van der Waals surface area (Å²) in [5.41, 5.74) is 2.32. The number of nitrogens with zero attached hydrogens (tertiary/aromatic N) is 3. The number of aromatic nitrogens is 2. The Morgan fingerprint density at radius 1 is 1.21 bits per heavy atom. The minimum absolute atomic E-state index is 0.00687. The molecule has 4 nitrogen and oxygen atoms in total. The molecule has 7 heteroatoms. The van der Waals surface area contributed by atoms with Crippen molar-refractivity contribution in [3.8, 4) is 0 Å². The average molecular weight is 422 g/mol. The highest BCUT2D eigenvalue weighted by molar-refractivity contribution is 6.42. The molecule has 0 spiro atoms. The number of carbonyl (C=O) groups is 1. The second-order valence-electron chi connectivity index (χ2n) is 6.89. The van der Waals surface area contributed by atoms with Crippen LogP contribution in [-0.4, -0.2) is 34.0 Å². The third kappa shape index (κ3) is 4.15. The molecule has 1 heterocycles. The van der Waals surface area contributed by atoms with Gasteiger partial charge in [0.1, 0.15) is 17.7 Å². The molecular weight excluding hydrogens is 400 g/mol. The number of halogens is 3. The van der Waals surface area contributed by atoms with Gasteiger partial charge in [0.15, 0.2) is 0 Å². The summed E-state index contributed by atoms with van der Waals surface area (Å²) in [7, 11) is 1.80. The Bertz CT molecular complexity index is 1000. The van der Waals surface area contributed by atoms with Crippen LogP contribution in [-0.2, 0) is 11.2 Å². The zero-order valence-electron chi connectivity index (χ0n) is 16.0. The predicted octanol–water partition coefficient (Wildman–Crippen LogP) is 5.50. The van der Waals surface area contributed by atoms with Crippen molar-refractivity contribution in [1.82, 2.24) is 14.5 Å². The van der Waals surface area contributed by atoms with E-state index in [1.165, 1.54) is 12.1 Å². The van der Waals surface area contributed by atoms with Crippen LogP contribution in [0.5, 0.6) is 0 Å². The number of hydrogen-bond donors (Lipinski definition) is 0. The van der Waals surface area contributed by atoms with E-state index in [2.05, 4.69) is 0 Å². The highest BCUT2D eigenvalue weighted by atomic mass is 35.5. The SMILES string of the molecule is CCCN(C)C(=O)[C@@H](C)n1c(Cc2ccc(F)cc2)nc2cc(Cl)c(Cl)cc21. The predicted molar refractivity (Wildman–Crippen MR) is 112 cm³/mol. The lowest BCUT2D eigenvalue weighted by Crippen LogP contribution is -2.34. The standard InChI is InChI=1S/C21H22Cl2FN3O/c1-4-9-26(3)21(28)13(2)27-19-12-17(23)16(22)11-18(19)25-20(27)10-14-5-7-15(24)8-6-14/h5-8,11-13H,4,9-10H2,1-3H3/t13-/m1/s1. The molecule has 1 atom stereocenters. The third-order valence-electron chi connectivity index (χ3n) is 4.76. The molecule has 0 aliphatic heterocycles. The Morgan fingerprint density at radius 2 is 1.86 bits per heavy atom. The van der Waals surface area contributed by atoms with Crippen molar-refractivity contribution in [3.63, 3.8) is 0 Å². The molecule has 28 heavy (non-hydrogen) atoms. The molecule has 148 valence electrons. The van der Waals surface area contributed by atoms with Crippen molar-refractivity contribution in [2.24, 2.45) is 0 Å². The lowest BCUT2D eigenvalue weighted by Gasteiger charge is -2.23. The molecule has 0 aliphatic rings. The van der Waals surface area contributed by atoms with Crippen LogP contribution in [0.1, 0.15) is 37.7 Å². The molecule has 0 fully saturated rings. The Kier molecular flexibility index (Phi) is 6.26. The molecule has 0 saturated carbocycles. The molecule has 2 aromatic carbocycles. The van der Waals surface area contributed by atoms with E-state index in [1.807, 2.05) is 18.4 Å². The summed E-state index contributed by atoms with van der Waals surface area (Å²) in [5.74, 6) is 0.402. The summed E-state index contributed by atoms with van der Waals surface area (Å²) < 4.78 is 15.2. The van der Waals surface area contributed by atoms with E-state index in [1.54, 1.807) is 36.2 Å². The fraction of sp³-hybridized carbons (Fsp3) is 0.333. The van der Waals surface area contributed by atoms with E-state index in [0.29, 0.717) is 34.4 Å². The van der Waals surface area contributed by atoms with Crippen molar-refractivity contribution >= 4 is 40.1 Å². The third-order valence-corrected chi connectivity index (χ3v) is 5.48. The molecule has 1 amide bonds. The first-order valence-electron chi connectivity index (χ1n) is 9.17. The number of carbonyl (C=O) groups excluding carboxylic acids is 1. The van der Waals surface area contributed by atoms with Crippen molar-refractivity contribution in [1.29, 1.82) is 0 Å². The van der Waals surface area contributed by atoms with Gasteiger partial charge in [-0.3, -0.25) is 4.79 Å². The van der Waals surface area contributed by atoms with Crippen molar-refractivity contribution in [2.45, 2.75) is 32.7 Å². The van der Waals surface area contributed by atoms with Gasteiger partial charge in [0.25, 0.3) is 0 Å². The van der Waals surface area contributed by atoms with Gasteiger partial charge in [0.05, 0.1) is 21.1 Å². The molecule has 0 N–H and O–H groups in total. The van der Waals surface area contributed by atoms with Gasteiger partial charge in [0, 0.05) is 20.0 Å². The van der Waals surface area contributed by atoms with Crippen molar-refractivity contribution in [2.75, 3.05) is 13.6 Å². The van der Waals surface area contributed by atoms with E-state index in [-0.39, 0.29) is 11.7 Å². The van der Waals surface area contributed by atoms with Crippen LogP contribution in [0.25, 0.3) is 11.0 Å². The summed E-state index contributed by atoms with van der Waals surface area (Å²) in [6.07, 6.45) is 1.34. The number of hydrogen-bond acceptors (Lipinski definition) is 2.